The second-order valence-electron chi connectivity index (χ2n) is 5.21. The van der Waals surface area contributed by atoms with Gasteiger partial charge in [-0.25, -0.2) is 15.0 Å². The van der Waals surface area contributed by atoms with E-state index in [1.807, 2.05) is 0 Å². The van der Waals surface area contributed by atoms with Crippen LogP contribution in [-0.4, -0.2) is 34.2 Å². The Morgan fingerprint density at radius 1 is 1.24 bits per heavy atom. The zero-order chi connectivity index (χ0) is 14.8. The summed E-state index contributed by atoms with van der Waals surface area (Å²) in [4.78, 5) is 13.1. The van der Waals surface area contributed by atoms with Gasteiger partial charge >= 0.3 is 0 Å². The maximum Gasteiger partial charge on any atom is 0.223 e. The van der Waals surface area contributed by atoms with Crippen LogP contribution < -0.4 is 5.32 Å². The van der Waals surface area contributed by atoms with Gasteiger partial charge in [0.1, 0.15) is 5.15 Å². The molecule has 2 heterocycles. The van der Waals surface area contributed by atoms with Crippen molar-refractivity contribution in [3.63, 3.8) is 0 Å². The average molecular weight is 419 g/mol. The Labute approximate surface area is 142 Å². The number of ether oxygens (including phenoxy) is 1. The van der Waals surface area contributed by atoms with E-state index in [9.17, 15) is 0 Å². The lowest BCUT2D eigenvalue weighted by Crippen LogP contribution is -2.29. The van der Waals surface area contributed by atoms with Gasteiger partial charge in [-0.1, -0.05) is 11.6 Å². The first-order chi connectivity index (χ1) is 10.2. The molecule has 1 fully saturated rings. The highest BCUT2D eigenvalue weighted by atomic mass is 127. The maximum atomic E-state index is 6.08. The summed E-state index contributed by atoms with van der Waals surface area (Å²) in [6, 6.07) is 0.406. The average Bonchev–Trinajstić information content (AvgIpc) is 2.52. The van der Waals surface area contributed by atoms with Gasteiger partial charge in [-0.3, -0.25) is 0 Å². The summed E-state index contributed by atoms with van der Waals surface area (Å²) in [6.07, 6.45) is 8.17. The molecule has 112 valence electrons. The molecule has 7 heteroatoms. The van der Waals surface area contributed by atoms with Crippen LogP contribution in [0.15, 0.2) is 12.4 Å². The molecule has 0 unspecified atom stereocenters. The van der Waals surface area contributed by atoms with Gasteiger partial charge in [0.15, 0.2) is 0 Å². The molecule has 0 bridgehead atoms. The van der Waals surface area contributed by atoms with Crippen LogP contribution in [0.25, 0.3) is 10.9 Å². The highest BCUT2D eigenvalue weighted by molar-refractivity contribution is 14.1. The summed E-state index contributed by atoms with van der Waals surface area (Å²) in [5.41, 5.74) is 0.846. The lowest BCUT2D eigenvalue weighted by Gasteiger charge is -2.28. The molecule has 2 aromatic heterocycles. The van der Waals surface area contributed by atoms with E-state index in [4.69, 9.17) is 16.3 Å². The third-order valence-electron chi connectivity index (χ3n) is 3.87. The van der Waals surface area contributed by atoms with Crippen LogP contribution in [0.4, 0.5) is 5.95 Å². The van der Waals surface area contributed by atoms with E-state index in [2.05, 4.69) is 42.9 Å². The Kier molecular flexibility index (Phi) is 4.75. The minimum absolute atomic E-state index is 0.395. The largest absolute Gasteiger partial charge is 0.381 e. The fourth-order valence-electron chi connectivity index (χ4n) is 2.65. The van der Waals surface area contributed by atoms with Crippen molar-refractivity contribution >= 4 is 51.0 Å². The molecule has 3 rings (SSSR count). The Balaban J connectivity index is 1.78. The molecule has 0 aromatic carbocycles. The SMILES string of the molecule is CO[C@H]1CC[C@H](Nc2ncc3c(Cl)ncc(I)c3n2)CC1. The summed E-state index contributed by atoms with van der Waals surface area (Å²) in [6.45, 7) is 0. The lowest BCUT2D eigenvalue weighted by atomic mass is 9.93. The van der Waals surface area contributed by atoms with Crippen molar-refractivity contribution in [2.45, 2.75) is 37.8 Å². The van der Waals surface area contributed by atoms with Crippen molar-refractivity contribution in [3.05, 3.63) is 21.1 Å². The Hall–Kier alpha value is -0.730. The number of fused-ring (bicyclic) bond motifs is 1. The molecule has 2 aromatic rings. The fourth-order valence-corrected chi connectivity index (χ4v) is 3.39. The number of aromatic nitrogens is 3. The molecule has 0 radical (unpaired) electrons. The van der Waals surface area contributed by atoms with Crippen molar-refractivity contribution < 1.29 is 4.74 Å². The highest BCUT2D eigenvalue weighted by Gasteiger charge is 2.21. The molecule has 0 saturated heterocycles. The molecule has 0 aliphatic heterocycles. The first kappa shape index (κ1) is 15.2. The zero-order valence-corrected chi connectivity index (χ0v) is 14.6. The molecule has 0 amide bonds. The minimum atomic E-state index is 0.395. The second-order valence-corrected chi connectivity index (χ2v) is 6.73. The molecule has 0 atom stereocenters. The maximum absolute atomic E-state index is 6.08. The Bertz CT molecular complexity index is 646. The van der Waals surface area contributed by atoms with E-state index in [0.29, 0.717) is 23.2 Å². The van der Waals surface area contributed by atoms with Gasteiger partial charge in [0.2, 0.25) is 5.95 Å². The predicted octanol–water partition coefficient (Wildman–Crippen LogP) is 3.65. The summed E-state index contributed by atoms with van der Waals surface area (Å²) < 4.78 is 6.37. The zero-order valence-electron chi connectivity index (χ0n) is 11.6. The molecule has 1 N–H and O–H groups in total. The third-order valence-corrected chi connectivity index (χ3v) is 4.96. The Morgan fingerprint density at radius 3 is 2.71 bits per heavy atom. The van der Waals surface area contributed by atoms with Crippen LogP contribution >= 0.6 is 34.2 Å². The molecule has 1 aliphatic rings. The molecule has 1 aliphatic carbocycles. The topological polar surface area (TPSA) is 59.9 Å². The number of hydrogen-bond donors (Lipinski definition) is 1. The number of methoxy groups -OCH3 is 1. The second kappa shape index (κ2) is 6.58. The van der Waals surface area contributed by atoms with E-state index < -0.39 is 0 Å². The molecular weight excluding hydrogens is 403 g/mol. The van der Waals surface area contributed by atoms with Crippen molar-refractivity contribution in [3.8, 4) is 0 Å². The van der Waals surface area contributed by atoms with E-state index in [1.165, 1.54) is 0 Å². The molecule has 0 spiro atoms. The number of pyridine rings is 1. The summed E-state index contributed by atoms with van der Waals surface area (Å²) >= 11 is 8.29. The number of hydrogen-bond acceptors (Lipinski definition) is 5. The first-order valence-corrected chi connectivity index (χ1v) is 8.39. The van der Waals surface area contributed by atoms with E-state index in [1.54, 1.807) is 19.5 Å². The molecular formula is C14H16ClIN4O. The van der Waals surface area contributed by atoms with E-state index >= 15 is 0 Å². The molecule has 21 heavy (non-hydrogen) atoms. The smallest absolute Gasteiger partial charge is 0.223 e. The van der Waals surface area contributed by atoms with Gasteiger partial charge < -0.3 is 10.1 Å². The van der Waals surface area contributed by atoms with Crippen molar-refractivity contribution in [2.75, 3.05) is 12.4 Å². The van der Waals surface area contributed by atoms with Gasteiger partial charge in [0.25, 0.3) is 0 Å². The van der Waals surface area contributed by atoms with Crippen LogP contribution in [0.5, 0.6) is 0 Å². The van der Waals surface area contributed by atoms with Crippen LogP contribution in [0.2, 0.25) is 5.15 Å². The number of rotatable bonds is 3. The first-order valence-electron chi connectivity index (χ1n) is 6.93. The number of nitrogens with one attached hydrogen (secondary N) is 1. The number of halogens is 2. The lowest BCUT2D eigenvalue weighted by molar-refractivity contribution is 0.0681. The van der Waals surface area contributed by atoms with E-state index in [0.717, 1.165) is 40.2 Å². The van der Waals surface area contributed by atoms with Crippen LogP contribution in [0.1, 0.15) is 25.7 Å². The standard InChI is InChI=1S/C14H16ClIN4O/c1-21-9-4-2-8(3-5-9)19-14-18-6-10-12(20-14)11(16)7-17-13(10)15/h6-9H,2-5H2,1H3,(H,18,19,20)/t8-,9-. The summed E-state index contributed by atoms with van der Waals surface area (Å²) in [5, 5.41) is 4.65. The summed E-state index contributed by atoms with van der Waals surface area (Å²) in [5.74, 6) is 0.656. The summed E-state index contributed by atoms with van der Waals surface area (Å²) in [7, 11) is 1.78. The number of anilines is 1. The monoisotopic (exact) mass is 418 g/mol. The third kappa shape index (κ3) is 3.37. The van der Waals surface area contributed by atoms with Crippen LogP contribution in [0.3, 0.4) is 0 Å². The van der Waals surface area contributed by atoms with Gasteiger partial charge in [-0.15, -0.1) is 0 Å². The van der Waals surface area contributed by atoms with Crippen LogP contribution in [-0.2, 0) is 4.74 Å². The Morgan fingerprint density at radius 2 is 2.00 bits per heavy atom. The van der Waals surface area contributed by atoms with Crippen molar-refractivity contribution in [1.82, 2.24) is 15.0 Å². The number of nitrogens with zero attached hydrogens (tertiary/aromatic N) is 3. The van der Waals surface area contributed by atoms with Gasteiger partial charge in [-0.05, 0) is 48.3 Å². The van der Waals surface area contributed by atoms with Crippen molar-refractivity contribution in [2.24, 2.45) is 0 Å². The van der Waals surface area contributed by atoms with E-state index in [-0.39, 0.29) is 0 Å². The molecule has 5 nitrogen and oxygen atoms in total. The van der Waals surface area contributed by atoms with Gasteiger partial charge in [0, 0.05) is 25.5 Å². The van der Waals surface area contributed by atoms with Gasteiger partial charge in [-0.2, -0.15) is 0 Å². The van der Waals surface area contributed by atoms with Crippen LogP contribution in [0, 0.1) is 3.57 Å². The quantitative estimate of drug-likeness (QED) is 0.609. The highest BCUT2D eigenvalue weighted by Crippen LogP contribution is 2.26. The molecule has 1 saturated carbocycles. The fraction of sp³-hybridized carbons (Fsp3) is 0.500. The van der Waals surface area contributed by atoms with Gasteiger partial charge in [0.05, 0.1) is 20.6 Å². The normalized spacial score (nSPS) is 22.4. The van der Waals surface area contributed by atoms with Crippen molar-refractivity contribution in [1.29, 1.82) is 0 Å². The minimum Gasteiger partial charge on any atom is -0.381 e. The predicted molar refractivity (Wildman–Crippen MR) is 91.7 cm³/mol.